The Morgan fingerprint density at radius 2 is 2.00 bits per heavy atom. The van der Waals surface area contributed by atoms with Crippen molar-refractivity contribution in [2.45, 2.75) is 70.9 Å². The normalized spacial score (nSPS) is 18.2. The van der Waals surface area contributed by atoms with Gasteiger partial charge in [-0.25, -0.2) is 0 Å². The van der Waals surface area contributed by atoms with Gasteiger partial charge in [-0.2, -0.15) is 0 Å². The SMILES string of the molecule is CCCCOC(C)C(=O)N1CCCCC1CCc1ccc(OC)c(OC)c1. The van der Waals surface area contributed by atoms with E-state index >= 15 is 0 Å². The summed E-state index contributed by atoms with van der Waals surface area (Å²) in [4.78, 5) is 14.9. The van der Waals surface area contributed by atoms with Gasteiger partial charge in [0.25, 0.3) is 5.91 Å². The van der Waals surface area contributed by atoms with E-state index < -0.39 is 0 Å². The van der Waals surface area contributed by atoms with E-state index in [2.05, 4.69) is 17.9 Å². The number of nitrogens with zero attached hydrogens (tertiary/aromatic N) is 1. The fraction of sp³-hybridized carbons (Fsp3) is 0.682. The molecule has 1 aromatic rings. The first-order valence-corrected chi connectivity index (χ1v) is 10.2. The Labute approximate surface area is 164 Å². The summed E-state index contributed by atoms with van der Waals surface area (Å²) in [6, 6.07) is 6.34. The van der Waals surface area contributed by atoms with Gasteiger partial charge in [-0.1, -0.05) is 19.4 Å². The van der Waals surface area contributed by atoms with Gasteiger partial charge in [0.15, 0.2) is 11.5 Å². The molecule has 152 valence electrons. The Hall–Kier alpha value is -1.75. The monoisotopic (exact) mass is 377 g/mol. The summed E-state index contributed by atoms with van der Waals surface area (Å²) in [5.41, 5.74) is 1.21. The molecule has 0 N–H and O–H groups in total. The lowest BCUT2D eigenvalue weighted by molar-refractivity contribution is -0.146. The highest BCUT2D eigenvalue weighted by atomic mass is 16.5. The minimum Gasteiger partial charge on any atom is -0.493 e. The number of amides is 1. The minimum absolute atomic E-state index is 0.142. The van der Waals surface area contributed by atoms with Crippen molar-refractivity contribution in [3.63, 3.8) is 0 Å². The molecular weight excluding hydrogens is 342 g/mol. The standard InChI is InChI=1S/C22H35NO4/c1-5-6-15-27-17(2)22(24)23-14-8-7-9-19(23)12-10-18-11-13-20(25-3)21(16-18)26-4/h11,13,16-17,19H,5-10,12,14-15H2,1-4H3. The average Bonchev–Trinajstić information content (AvgIpc) is 2.71. The summed E-state index contributed by atoms with van der Waals surface area (Å²) >= 11 is 0. The minimum atomic E-state index is -0.349. The quantitative estimate of drug-likeness (QED) is 0.573. The van der Waals surface area contributed by atoms with Gasteiger partial charge in [-0.15, -0.1) is 0 Å². The number of ether oxygens (including phenoxy) is 3. The number of carbonyl (C=O) groups excluding carboxylic acids is 1. The molecule has 1 heterocycles. The Balaban J connectivity index is 1.95. The van der Waals surface area contributed by atoms with E-state index in [-0.39, 0.29) is 18.1 Å². The van der Waals surface area contributed by atoms with E-state index in [1.54, 1.807) is 14.2 Å². The molecule has 1 aromatic carbocycles. The van der Waals surface area contributed by atoms with Crippen LogP contribution in [-0.4, -0.2) is 50.3 Å². The molecule has 2 atom stereocenters. The van der Waals surface area contributed by atoms with E-state index in [0.717, 1.165) is 56.6 Å². The molecular formula is C22H35NO4. The summed E-state index contributed by atoms with van der Waals surface area (Å²) in [7, 11) is 3.30. The topological polar surface area (TPSA) is 48.0 Å². The number of methoxy groups -OCH3 is 2. The van der Waals surface area contributed by atoms with Crippen LogP contribution in [0.4, 0.5) is 0 Å². The van der Waals surface area contributed by atoms with E-state index in [4.69, 9.17) is 14.2 Å². The second-order valence-electron chi connectivity index (χ2n) is 7.28. The molecule has 0 aliphatic carbocycles. The molecule has 0 bridgehead atoms. The molecule has 1 aliphatic heterocycles. The molecule has 1 aliphatic rings. The summed E-state index contributed by atoms with van der Waals surface area (Å²) in [6.45, 7) is 5.52. The summed E-state index contributed by atoms with van der Waals surface area (Å²) in [6.07, 6.45) is 6.95. The molecule has 0 radical (unpaired) electrons. The van der Waals surface area contributed by atoms with Gasteiger partial charge in [-0.05, 0) is 63.1 Å². The molecule has 2 unspecified atom stereocenters. The molecule has 1 fully saturated rings. The number of hydrogen-bond donors (Lipinski definition) is 0. The van der Waals surface area contributed by atoms with Crippen molar-refractivity contribution in [1.29, 1.82) is 0 Å². The van der Waals surface area contributed by atoms with Crippen molar-refractivity contribution >= 4 is 5.91 Å². The molecule has 0 saturated carbocycles. The molecule has 2 rings (SSSR count). The summed E-state index contributed by atoms with van der Waals surface area (Å²) < 4.78 is 16.5. The number of benzene rings is 1. The van der Waals surface area contributed by atoms with Crippen LogP contribution >= 0.6 is 0 Å². The molecule has 0 spiro atoms. The van der Waals surface area contributed by atoms with E-state index in [1.807, 2.05) is 19.1 Å². The third-order valence-electron chi connectivity index (χ3n) is 5.34. The lowest BCUT2D eigenvalue weighted by Gasteiger charge is -2.37. The van der Waals surface area contributed by atoms with Gasteiger partial charge < -0.3 is 19.1 Å². The molecule has 1 amide bonds. The van der Waals surface area contributed by atoms with Crippen LogP contribution in [0.5, 0.6) is 11.5 Å². The highest BCUT2D eigenvalue weighted by Crippen LogP contribution is 2.29. The first-order chi connectivity index (χ1) is 13.1. The van der Waals surface area contributed by atoms with E-state index in [0.29, 0.717) is 6.61 Å². The van der Waals surface area contributed by atoms with Crippen LogP contribution in [-0.2, 0) is 16.0 Å². The zero-order chi connectivity index (χ0) is 19.6. The van der Waals surface area contributed by atoms with Crippen LogP contribution in [0.3, 0.4) is 0 Å². The molecule has 5 nitrogen and oxygen atoms in total. The maximum absolute atomic E-state index is 12.9. The molecule has 5 heteroatoms. The van der Waals surface area contributed by atoms with E-state index in [9.17, 15) is 4.79 Å². The van der Waals surface area contributed by atoms with Gasteiger partial charge in [0.1, 0.15) is 6.10 Å². The van der Waals surface area contributed by atoms with Gasteiger partial charge >= 0.3 is 0 Å². The predicted molar refractivity (Wildman–Crippen MR) is 108 cm³/mol. The lowest BCUT2D eigenvalue weighted by atomic mass is 9.95. The number of piperidine rings is 1. The van der Waals surface area contributed by atoms with Crippen LogP contribution in [0.15, 0.2) is 18.2 Å². The Kier molecular flexibility index (Phi) is 8.92. The number of rotatable bonds is 10. The Morgan fingerprint density at radius 1 is 1.22 bits per heavy atom. The fourth-order valence-corrected chi connectivity index (χ4v) is 3.67. The molecule has 1 saturated heterocycles. The van der Waals surface area contributed by atoms with Crippen LogP contribution in [0.25, 0.3) is 0 Å². The van der Waals surface area contributed by atoms with Crippen molar-refractivity contribution in [2.24, 2.45) is 0 Å². The number of carbonyl (C=O) groups is 1. The maximum atomic E-state index is 12.9. The third-order valence-corrected chi connectivity index (χ3v) is 5.34. The van der Waals surface area contributed by atoms with Crippen molar-refractivity contribution in [3.8, 4) is 11.5 Å². The van der Waals surface area contributed by atoms with Crippen LogP contribution in [0.2, 0.25) is 0 Å². The van der Waals surface area contributed by atoms with Gasteiger partial charge in [-0.3, -0.25) is 4.79 Å². The third kappa shape index (κ3) is 6.13. The number of likely N-dealkylation sites (tertiary alicyclic amines) is 1. The van der Waals surface area contributed by atoms with Gasteiger partial charge in [0.05, 0.1) is 14.2 Å². The zero-order valence-corrected chi connectivity index (χ0v) is 17.3. The first kappa shape index (κ1) is 21.5. The largest absolute Gasteiger partial charge is 0.493 e. The highest BCUT2D eigenvalue weighted by molar-refractivity contribution is 5.81. The van der Waals surface area contributed by atoms with Crippen molar-refractivity contribution in [3.05, 3.63) is 23.8 Å². The van der Waals surface area contributed by atoms with Crippen molar-refractivity contribution in [2.75, 3.05) is 27.4 Å². The van der Waals surface area contributed by atoms with Gasteiger partial charge in [0.2, 0.25) is 0 Å². The van der Waals surface area contributed by atoms with Gasteiger partial charge in [0, 0.05) is 19.2 Å². The second-order valence-corrected chi connectivity index (χ2v) is 7.28. The molecule has 0 aromatic heterocycles. The van der Waals surface area contributed by atoms with E-state index in [1.165, 1.54) is 12.0 Å². The van der Waals surface area contributed by atoms with Crippen LogP contribution in [0, 0.1) is 0 Å². The Morgan fingerprint density at radius 3 is 2.70 bits per heavy atom. The molecule has 27 heavy (non-hydrogen) atoms. The smallest absolute Gasteiger partial charge is 0.251 e. The maximum Gasteiger partial charge on any atom is 0.251 e. The second kappa shape index (κ2) is 11.2. The Bertz CT molecular complexity index is 590. The number of unbranched alkanes of at least 4 members (excludes halogenated alkanes) is 1. The number of hydrogen-bond acceptors (Lipinski definition) is 4. The average molecular weight is 378 g/mol. The zero-order valence-electron chi connectivity index (χ0n) is 17.3. The van der Waals surface area contributed by atoms with Crippen molar-refractivity contribution < 1.29 is 19.0 Å². The summed E-state index contributed by atoms with van der Waals surface area (Å²) in [5.74, 6) is 1.64. The van der Waals surface area contributed by atoms with Crippen LogP contribution < -0.4 is 9.47 Å². The predicted octanol–water partition coefficient (Wildman–Crippen LogP) is 4.22. The van der Waals surface area contributed by atoms with Crippen molar-refractivity contribution in [1.82, 2.24) is 4.90 Å². The fourth-order valence-electron chi connectivity index (χ4n) is 3.67. The number of aryl methyl sites for hydroxylation is 1. The van der Waals surface area contributed by atoms with Crippen LogP contribution in [0.1, 0.15) is 57.9 Å². The first-order valence-electron chi connectivity index (χ1n) is 10.2. The summed E-state index contributed by atoms with van der Waals surface area (Å²) in [5, 5.41) is 0. The highest BCUT2D eigenvalue weighted by Gasteiger charge is 2.29. The lowest BCUT2D eigenvalue weighted by Crippen LogP contribution is -2.48.